The molecule has 0 fully saturated rings. The average molecular weight is 335 g/mol. The van der Waals surface area contributed by atoms with Crippen molar-refractivity contribution in [1.82, 2.24) is 4.98 Å². The second-order valence-electron chi connectivity index (χ2n) is 2.34. The summed E-state index contributed by atoms with van der Waals surface area (Å²) >= 11 is 1.50. The van der Waals surface area contributed by atoms with Gasteiger partial charge in [-0.05, 0) is 22.6 Å². The molecule has 1 aromatic rings. The van der Waals surface area contributed by atoms with Gasteiger partial charge in [0.1, 0.15) is 3.57 Å². The van der Waals surface area contributed by atoms with Crippen LogP contribution in [0.4, 0.5) is 13.2 Å². The molecule has 1 heterocycles. The third kappa shape index (κ3) is 3.01. The van der Waals surface area contributed by atoms with Crippen LogP contribution in [-0.4, -0.2) is 23.6 Å². The summed E-state index contributed by atoms with van der Waals surface area (Å²) in [4.78, 5) is 3.44. The fraction of sp³-hybridized carbons (Fsp3) is 0.286. The maximum absolute atomic E-state index is 11.9. The van der Waals surface area contributed by atoms with Crippen LogP contribution < -0.4 is 9.47 Å². The van der Waals surface area contributed by atoms with E-state index in [4.69, 9.17) is 0 Å². The van der Waals surface area contributed by atoms with Crippen molar-refractivity contribution in [2.75, 3.05) is 7.11 Å². The molecule has 1 N–H and O–H groups in total. The number of aromatic nitrogens is 1. The van der Waals surface area contributed by atoms with E-state index in [-0.39, 0.29) is 9.45 Å². The summed E-state index contributed by atoms with van der Waals surface area (Å²) in [5, 5.41) is 9.33. The van der Waals surface area contributed by atoms with Crippen molar-refractivity contribution in [3.63, 3.8) is 0 Å². The highest BCUT2D eigenvalue weighted by Crippen LogP contribution is 2.37. The van der Waals surface area contributed by atoms with Crippen LogP contribution in [0.25, 0.3) is 0 Å². The average Bonchev–Trinajstić information content (AvgIpc) is 2.11. The molecule has 15 heavy (non-hydrogen) atoms. The van der Waals surface area contributed by atoms with Crippen molar-refractivity contribution in [2.45, 2.75) is 6.36 Å². The third-order valence-corrected chi connectivity index (χ3v) is 2.39. The molecule has 0 unspecified atom stereocenters. The van der Waals surface area contributed by atoms with Gasteiger partial charge in [0.25, 0.3) is 5.88 Å². The molecule has 0 spiro atoms. The van der Waals surface area contributed by atoms with Gasteiger partial charge in [0, 0.05) is 0 Å². The van der Waals surface area contributed by atoms with E-state index in [0.29, 0.717) is 0 Å². The number of ether oxygens (including phenoxy) is 2. The van der Waals surface area contributed by atoms with Gasteiger partial charge in [-0.3, -0.25) is 0 Å². The molecule has 0 saturated carbocycles. The van der Waals surface area contributed by atoms with E-state index in [1.54, 1.807) is 0 Å². The van der Waals surface area contributed by atoms with Gasteiger partial charge in [0.15, 0.2) is 11.5 Å². The van der Waals surface area contributed by atoms with Crippen molar-refractivity contribution in [3.8, 4) is 17.4 Å². The number of nitrogens with zero attached hydrogens (tertiary/aromatic N) is 1. The normalized spacial score (nSPS) is 11.3. The molecule has 0 atom stereocenters. The van der Waals surface area contributed by atoms with Crippen LogP contribution in [0.1, 0.15) is 0 Å². The van der Waals surface area contributed by atoms with E-state index in [0.717, 1.165) is 6.20 Å². The van der Waals surface area contributed by atoms with Gasteiger partial charge in [0.2, 0.25) is 0 Å². The predicted molar refractivity (Wildman–Crippen MR) is 51.9 cm³/mol. The van der Waals surface area contributed by atoms with Gasteiger partial charge in [-0.1, -0.05) is 0 Å². The summed E-state index contributed by atoms with van der Waals surface area (Å²) in [5.41, 5.74) is 0. The minimum Gasteiger partial charge on any atom is -0.502 e. The van der Waals surface area contributed by atoms with Gasteiger partial charge in [0.05, 0.1) is 13.3 Å². The lowest BCUT2D eigenvalue weighted by Crippen LogP contribution is -2.18. The van der Waals surface area contributed by atoms with Gasteiger partial charge in [-0.25, -0.2) is 4.98 Å². The minimum absolute atomic E-state index is 0.114. The predicted octanol–water partition coefficient (Wildman–Crippen LogP) is 2.30. The van der Waals surface area contributed by atoms with Crippen LogP contribution in [-0.2, 0) is 0 Å². The van der Waals surface area contributed by atoms with E-state index in [2.05, 4.69) is 14.5 Å². The maximum atomic E-state index is 11.9. The van der Waals surface area contributed by atoms with Gasteiger partial charge in [-0.15, -0.1) is 13.2 Å². The Labute approximate surface area is 96.2 Å². The van der Waals surface area contributed by atoms with Crippen LogP contribution in [0, 0.1) is 3.57 Å². The van der Waals surface area contributed by atoms with Gasteiger partial charge in [-0.2, -0.15) is 0 Å². The van der Waals surface area contributed by atoms with Crippen LogP contribution in [0.5, 0.6) is 17.4 Å². The Kier molecular flexibility index (Phi) is 3.47. The molecule has 0 aliphatic carbocycles. The van der Waals surface area contributed by atoms with Crippen molar-refractivity contribution >= 4 is 22.6 Å². The molecular formula is C7H5F3INO3. The zero-order valence-corrected chi connectivity index (χ0v) is 9.46. The standard InChI is InChI=1S/C7H5F3INO3/c1-14-6-5(13)4(11)3(2-12-6)15-7(8,9)10/h2,13H,1H3. The number of hydrogen-bond acceptors (Lipinski definition) is 4. The Morgan fingerprint density at radius 2 is 2.07 bits per heavy atom. The highest BCUT2D eigenvalue weighted by molar-refractivity contribution is 14.1. The molecule has 1 rings (SSSR count). The first kappa shape index (κ1) is 12.1. The molecule has 1 aromatic heterocycles. The lowest BCUT2D eigenvalue weighted by atomic mass is 10.4. The summed E-state index contributed by atoms with van der Waals surface area (Å²) < 4.78 is 43.7. The van der Waals surface area contributed by atoms with Gasteiger partial charge < -0.3 is 14.6 Å². The first-order chi connectivity index (χ1) is 6.85. The Bertz CT molecular complexity index is 369. The monoisotopic (exact) mass is 335 g/mol. The summed E-state index contributed by atoms with van der Waals surface area (Å²) in [7, 11) is 1.24. The summed E-state index contributed by atoms with van der Waals surface area (Å²) in [6.07, 6.45) is -3.99. The number of alkyl halides is 3. The van der Waals surface area contributed by atoms with Crippen molar-refractivity contribution < 1.29 is 27.8 Å². The second kappa shape index (κ2) is 4.29. The molecule has 0 saturated heterocycles. The maximum Gasteiger partial charge on any atom is 0.573 e. The molecule has 0 aliphatic heterocycles. The molecule has 4 nitrogen and oxygen atoms in total. The zero-order chi connectivity index (χ0) is 11.6. The number of hydrogen-bond donors (Lipinski definition) is 1. The molecule has 0 aromatic carbocycles. The fourth-order valence-corrected chi connectivity index (χ4v) is 1.27. The first-order valence-corrected chi connectivity index (χ1v) is 4.60. The number of aromatic hydroxyl groups is 1. The van der Waals surface area contributed by atoms with Crippen LogP contribution in [0.15, 0.2) is 6.20 Å². The number of halogens is 4. The number of rotatable bonds is 2. The van der Waals surface area contributed by atoms with Crippen LogP contribution >= 0.6 is 22.6 Å². The molecule has 0 amide bonds. The van der Waals surface area contributed by atoms with E-state index < -0.39 is 17.9 Å². The van der Waals surface area contributed by atoms with Crippen molar-refractivity contribution in [2.24, 2.45) is 0 Å². The van der Waals surface area contributed by atoms with E-state index >= 15 is 0 Å². The Balaban J connectivity index is 3.07. The topological polar surface area (TPSA) is 51.6 Å². The number of methoxy groups -OCH3 is 1. The molecular weight excluding hydrogens is 330 g/mol. The highest BCUT2D eigenvalue weighted by Gasteiger charge is 2.33. The second-order valence-corrected chi connectivity index (χ2v) is 3.42. The summed E-state index contributed by atoms with van der Waals surface area (Å²) in [6, 6.07) is 0. The van der Waals surface area contributed by atoms with E-state index in [1.165, 1.54) is 29.7 Å². The molecule has 0 bridgehead atoms. The lowest BCUT2D eigenvalue weighted by Gasteiger charge is -2.11. The van der Waals surface area contributed by atoms with Crippen molar-refractivity contribution in [3.05, 3.63) is 9.77 Å². The Hall–Kier alpha value is -0.930. The molecule has 8 heteroatoms. The van der Waals surface area contributed by atoms with Crippen LogP contribution in [0.3, 0.4) is 0 Å². The van der Waals surface area contributed by atoms with Gasteiger partial charge >= 0.3 is 6.36 Å². The number of pyridine rings is 1. The molecule has 84 valence electrons. The fourth-order valence-electron chi connectivity index (χ4n) is 0.791. The molecule has 0 radical (unpaired) electrons. The summed E-state index contributed by atoms with van der Waals surface area (Å²) in [5.74, 6) is -1.21. The van der Waals surface area contributed by atoms with Crippen LogP contribution in [0.2, 0.25) is 0 Å². The van der Waals surface area contributed by atoms with E-state index in [1.807, 2.05) is 0 Å². The smallest absolute Gasteiger partial charge is 0.502 e. The largest absolute Gasteiger partial charge is 0.573 e. The molecule has 0 aliphatic rings. The summed E-state index contributed by atoms with van der Waals surface area (Å²) in [6.45, 7) is 0. The zero-order valence-electron chi connectivity index (χ0n) is 7.30. The Morgan fingerprint density at radius 3 is 2.53 bits per heavy atom. The minimum atomic E-state index is -4.82. The van der Waals surface area contributed by atoms with Crippen molar-refractivity contribution in [1.29, 1.82) is 0 Å². The SMILES string of the molecule is COc1ncc(OC(F)(F)F)c(I)c1O. The Morgan fingerprint density at radius 1 is 1.47 bits per heavy atom. The lowest BCUT2D eigenvalue weighted by molar-refractivity contribution is -0.275. The highest BCUT2D eigenvalue weighted by atomic mass is 127. The first-order valence-electron chi connectivity index (χ1n) is 3.52. The van der Waals surface area contributed by atoms with E-state index in [9.17, 15) is 18.3 Å². The third-order valence-electron chi connectivity index (χ3n) is 1.34. The quantitative estimate of drug-likeness (QED) is 0.843.